The highest BCUT2D eigenvalue weighted by Gasteiger charge is 2.37. The van der Waals surface area contributed by atoms with Crippen LogP contribution in [0.25, 0.3) is 0 Å². The number of amides is 1. The van der Waals surface area contributed by atoms with Crippen LogP contribution in [0, 0.1) is 5.92 Å². The fourth-order valence-corrected chi connectivity index (χ4v) is 3.21. The number of carbonyl (C=O) groups is 1. The number of rotatable bonds is 5. The van der Waals surface area contributed by atoms with Crippen LogP contribution in [0.15, 0.2) is 0 Å². The first-order valence-electron chi connectivity index (χ1n) is 7.15. The Bertz CT molecular complexity index is 492. The SMILES string of the molecule is CCCC1CC1NC(=O)c1sc(NC(C)(C)C)nc1N. The van der Waals surface area contributed by atoms with Crippen molar-refractivity contribution in [2.75, 3.05) is 11.1 Å². The molecule has 2 rings (SSSR count). The quantitative estimate of drug-likeness (QED) is 0.780. The highest BCUT2D eigenvalue weighted by molar-refractivity contribution is 7.18. The van der Waals surface area contributed by atoms with Crippen molar-refractivity contribution in [3.8, 4) is 0 Å². The van der Waals surface area contributed by atoms with Gasteiger partial charge in [-0.15, -0.1) is 0 Å². The molecule has 20 heavy (non-hydrogen) atoms. The van der Waals surface area contributed by atoms with E-state index >= 15 is 0 Å². The van der Waals surface area contributed by atoms with Gasteiger partial charge >= 0.3 is 0 Å². The lowest BCUT2D eigenvalue weighted by Gasteiger charge is -2.19. The molecular weight excluding hydrogens is 272 g/mol. The van der Waals surface area contributed by atoms with Gasteiger partial charge < -0.3 is 16.4 Å². The lowest BCUT2D eigenvalue weighted by atomic mass is 10.1. The molecule has 0 spiro atoms. The number of nitrogens with two attached hydrogens (primary N) is 1. The fraction of sp³-hybridized carbons (Fsp3) is 0.714. The number of thiazole rings is 1. The van der Waals surface area contributed by atoms with Gasteiger partial charge in [0.15, 0.2) is 5.13 Å². The molecule has 112 valence electrons. The van der Waals surface area contributed by atoms with Crippen molar-refractivity contribution in [2.45, 2.75) is 58.5 Å². The first-order valence-corrected chi connectivity index (χ1v) is 7.97. The van der Waals surface area contributed by atoms with E-state index in [0.29, 0.717) is 27.8 Å². The van der Waals surface area contributed by atoms with Crippen molar-refractivity contribution in [2.24, 2.45) is 5.92 Å². The number of anilines is 2. The van der Waals surface area contributed by atoms with Gasteiger partial charge in [-0.3, -0.25) is 4.79 Å². The van der Waals surface area contributed by atoms with Crippen LogP contribution >= 0.6 is 11.3 Å². The molecule has 1 aliphatic carbocycles. The number of nitrogens with zero attached hydrogens (tertiary/aromatic N) is 1. The van der Waals surface area contributed by atoms with E-state index in [-0.39, 0.29) is 11.4 Å². The van der Waals surface area contributed by atoms with Gasteiger partial charge in [0.2, 0.25) is 0 Å². The van der Waals surface area contributed by atoms with E-state index in [1.165, 1.54) is 24.2 Å². The highest BCUT2D eigenvalue weighted by Crippen LogP contribution is 2.35. The molecule has 0 saturated heterocycles. The van der Waals surface area contributed by atoms with Gasteiger partial charge in [-0.25, -0.2) is 4.98 Å². The maximum Gasteiger partial charge on any atom is 0.265 e. The van der Waals surface area contributed by atoms with Gasteiger partial charge in [-0.2, -0.15) is 0 Å². The second kappa shape index (κ2) is 5.60. The van der Waals surface area contributed by atoms with Crippen molar-refractivity contribution < 1.29 is 4.79 Å². The number of nitrogens with one attached hydrogen (secondary N) is 2. The zero-order chi connectivity index (χ0) is 14.9. The minimum atomic E-state index is -0.0965. The zero-order valence-corrected chi connectivity index (χ0v) is 13.4. The summed E-state index contributed by atoms with van der Waals surface area (Å²) < 4.78 is 0. The van der Waals surface area contributed by atoms with Gasteiger partial charge in [0.1, 0.15) is 10.7 Å². The van der Waals surface area contributed by atoms with Crippen LogP contribution in [0.3, 0.4) is 0 Å². The molecule has 6 heteroatoms. The molecule has 1 aromatic rings. The molecule has 1 aromatic heterocycles. The predicted molar refractivity (Wildman–Crippen MR) is 84.2 cm³/mol. The summed E-state index contributed by atoms with van der Waals surface area (Å²) in [6.45, 7) is 8.31. The third kappa shape index (κ3) is 3.85. The molecule has 1 heterocycles. The Hall–Kier alpha value is -1.30. The van der Waals surface area contributed by atoms with Gasteiger partial charge in [-0.05, 0) is 39.5 Å². The van der Waals surface area contributed by atoms with E-state index in [4.69, 9.17) is 5.73 Å². The monoisotopic (exact) mass is 296 g/mol. The van der Waals surface area contributed by atoms with Gasteiger partial charge in [0.05, 0.1) is 0 Å². The number of hydrogen-bond acceptors (Lipinski definition) is 5. The van der Waals surface area contributed by atoms with Gasteiger partial charge in [0.25, 0.3) is 5.91 Å². The second-order valence-electron chi connectivity index (χ2n) is 6.47. The number of carbonyl (C=O) groups excluding carboxylic acids is 1. The molecule has 0 aromatic carbocycles. The van der Waals surface area contributed by atoms with Gasteiger partial charge in [-0.1, -0.05) is 24.7 Å². The summed E-state index contributed by atoms with van der Waals surface area (Å²) >= 11 is 1.32. The standard InChI is InChI=1S/C14H24N4OS/c1-5-6-8-7-9(8)16-12(19)10-11(15)17-13(20-10)18-14(2,3)4/h8-9H,5-7,15H2,1-4H3,(H,16,19)(H,17,18). The van der Waals surface area contributed by atoms with Crippen molar-refractivity contribution >= 4 is 28.2 Å². The molecule has 2 unspecified atom stereocenters. The molecule has 1 saturated carbocycles. The third-order valence-corrected chi connectivity index (χ3v) is 4.23. The average molecular weight is 296 g/mol. The normalized spacial score (nSPS) is 21.6. The highest BCUT2D eigenvalue weighted by atomic mass is 32.1. The molecule has 1 fully saturated rings. The van der Waals surface area contributed by atoms with E-state index < -0.39 is 0 Å². The summed E-state index contributed by atoms with van der Waals surface area (Å²) in [7, 11) is 0. The fourth-order valence-electron chi connectivity index (χ4n) is 2.22. The summed E-state index contributed by atoms with van der Waals surface area (Å²) in [6.07, 6.45) is 3.44. The van der Waals surface area contributed by atoms with E-state index in [1.807, 2.05) is 20.8 Å². The molecule has 1 aliphatic rings. The average Bonchev–Trinajstić information content (AvgIpc) is 2.91. The number of aromatic nitrogens is 1. The van der Waals surface area contributed by atoms with Crippen molar-refractivity contribution in [1.29, 1.82) is 0 Å². The van der Waals surface area contributed by atoms with E-state index in [0.717, 1.165) is 6.42 Å². The van der Waals surface area contributed by atoms with E-state index in [1.54, 1.807) is 0 Å². The van der Waals surface area contributed by atoms with Crippen LogP contribution < -0.4 is 16.4 Å². The molecule has 0 aliphatic heterocycles. The largest absolute Gasteiger partial charge is 0.382 e. The summed E-state index contributed by atoms with van der Waals surface area (Å²) in [5.41, 5.74) is 5.75. The van der Waals surface area contributed by atoms with Crippen molar-refractivity contribution in [1.82, 2.24) is 10.3 Å². The Morgan fingerprint density at radius 1 is 1.50 bits per heavy atom. The molecule has 0 radical (unpaired) electrons. The molecule has 4 N–H and O–H groups in total. The zero-order valence-electron chi connectivity index (χ0n) is 12.6. The third-order valence-electron chi connectivity index (χ3n) is 3.24. The molecule has 1 amide bonds. The van der Waals surface area contributed by atoms with Gasteiger partial charge in [0, 0.05) is 11.6 Å². The van der Waals surface area contributed by atoms with Crippen LogP contribution in [-0.4, -0.2) is 22.5 Å². The molecular formula is C14H24N4OS. The Balaban J connectivity index is 1.97. The van der Waals surface area contributed by atoms with Crippen LogP contribution in [0.1, 0.15) is 56.6 Å². The summed E-state index contributed by atoms with van der Waals surface area (Å²) in [4.78, 5) is 16.9. The van der Waals surface area contributed by atoms with Crippen molar-refractivity contribution in [3.05, 3.63) is 4.88 Å². The number of hydrogen-bond donors (Lipinski definition) is 3. The Kier molecular flexibility index (Phi) is 4.22. The van der Waals surface area contributed by atoms with Crippen LogP contribution in [0.4, 0.5) is 10.9 Å². The number of nitrogen functional groups attached to an aromatic ring is 1. The maximum atomic E-state index is 12.2. The summed E-state index contributed by atoms with van der Waals surface area (Å²) in [6, 6.07) is 0.322. The minimum Gasteiger partial charge on any atom is -0.382 e. The second-order valence-corrected chi connectivity index (χ2v) is 7.47. The predicted octanol–water partition coefficient (Wildman–Crippen LogP) is 2.85. The van der Waals surface area contributed by atoms with Crippen LogP contribution in [0.5, 0.6) is 0 Å². The van der Waals surface area contributed by atoms with E-state index in [2.05, 4.69) is 22.5 Å². The lowest BCUT2D eigenvalue weighted by molar-refractivity contribution is 0.0953. The molecule has 0 bridgehead atoms. The molecule has 2 atom stereocenters. The van der Waals surface area contributed by atoms with Crippen LogP contribution in [0.2, 0.25) is 0 Å². The van der Waals surface area contributed by atoms with Crippen LogP contribution in [-0.2, 0) is 0 Å². The summed E-state index contributed by atoms with van der Waals surface area (Å²) in [5.74, 6) is 0.864. The minimum absolute atomic E-state index is 0.0921. The Morgan fingerprint density at radius 2 is 2.20 bits per heavy atom. The Morgan fingerprint density at radius 3 is 2.80 bits per heavy atom. The first-order chi connectivity index (χ1) is 9.30. The topological polar surface area (TPSA) is 80.0 Å². The summed E-state index contributed by atoms with van der Waals surface area (Å²) in [5, 5.41) is 6.98. The maximum absolute atomic E-state index is 12.2. The Labute approximate surface area is 124 Å². The van der Waals surface area contributed by atoms with E-state index in [9.17, 15) is 4.79 Å². The lowest BCUT2D eigenvalue weighted by Crippen LogP contribution is -2.26. The molecule has 5 nitrogen and oxygen atoms in total. The smallest absolute Gasteiger partial charge is 0.265 e. The van der Waals surface area contributed by atoms with Crippen molar-refractivity contribution in [3.63, 3.8) is 0 Å². The first kappa shape index (κ1) is 15.1.